The summed E-state index contributed by atoms with van der Waals surface area (Å²) in [7, 11) is -4.64. The molecule has 0 radical (unpaired) electrons. The van der Waals surface area contributed by atoms with Gasteiger partial charge in [-0.25, -0.2) is 8.96 Å². The highest BCUT2D eigenvalue weighted by Crippen LogP contribution is 2.34. The molecule has 0 bridgehead atoms. The molecule has 12 heteroatoms. The SMILES string of the molecule is Cc1[nH]c(C=C2C(=O)Nc3ccc(F)cc32)c(C)c1C(=O)NCCN1CCCC1.O=P(O)(O)O. The minimum absolute atomic E-state index is 0.123. The van der Waals surface area contributed by atoms with E-state index in [4.69, 9.17) is 19.2 Å². The Bertz CT molecular complexity index is 1160. The fraction of sp³-hybridized carbons (Fsp3) is 0.364. The number of hydrogen-bond acceptors (Lipinski definition) is 4. The monoisotopic (exact) mass is 494 g/mol. The van der Waals surface area contributed by atoms with Gasteiger partial charge in [0.25, 0.3) is 11.8 Å². The number of hydrogen-bond donors (Lipinski definition) is 6. The molecule has 0 unspecified atom stereocenters. The number of rotatable bonds is 5. The van der Waals surface area contributed by atoms with Crippen molar-refractivity contribution < 1.29 is 33.2 Å². The summed E-state index contributed by atoms with van der Waals surface area (Å²) < 4.78 is 22.5. The Hall–Kier alpha value is -2.82. The van der Waals surface area contributed by atoms with E-state index < -0.39 is 13.6 Å². The van der Waals surface area contributed by atoms with E-state index in [1.54, 1.807) is 12.1 Å². The van der Waals surface area contributed by atoms with Gasteiger partial charge in [0.15, 0.2) is 0 Å². The first-order valence-electron chi connectivity index (χ1n) is 10.7. The highest BCUT2D eigenvalue weighted by Gasteiger charge is 2.26. The number of nitrogens with one attached hydrogen (secondary N) is 3. The number of aromatic nitrogens is 1. The van der Waals surface area contributed by atoms with Crippen molar-refractivity contribution in [1.29, 1.82) is 0 Å². The molecule has 184 valence electrons. The number of phosphoric acid groups is 1. The second kappa shape index (κ2) is 10.6. The summed E-state index contributed by atoms with van der Waals surface area (Å²) in [4.78, 5) is 52.2. The number of benzene rings is 1. The number of aromatic amines is 1. The van der Waals surface area contributed by atoms with Crippen LogP contribution in [0.15, 0.2) is 18.2 Å². The molecule has 6 N–H and O–H groups in total. The minimum Gasteiger partial charge on any atom is -0.358 e. The van der Waals surface area contributed by atoms with Gasteiger partial charge in [0, 0.05) is 35.7 Å². The van der Waals surface area contributed by atoms with Crippen molar-refractivity contribution in [2.75, 3.05) is 31.5 Å². The van der Waals surface area contributed by atoms with E-state index in [1.165, 1.54) is 25.0 Å². The van der Waals surface area contributed by atoms with Crippen molar-refractivity contribution in [3.8, 4) is 0 Å². The zero-order valence-electron chi connectivity index (χ0n) is 18.9. The molecule has 34 heavy (non-hydrogen) atoms. The molecule has 2 amide bonds. The Balaban J connectivity index is 0.000000588. The van der Waals surface area contributed by atoms with E-state index in [0.717, 1.165) is 30.9 Å². The normalized spacial score (nSPS) is 16.8. The topological polar surface area (TPSA) is 155 Å². The van der Waals surface area contributed by atoms with Crippen LogP contribution < -0.4 is 10.6 Å². The lowest BCUT2D eigenvalue weighted by atomic mass is 10.0. The molecule has 1 aromatic heterocycles. The fourth-order valence-electron chi connectivity index (χ4n) is 4.13. The van der Waals surface area contributed by atoms with Crippen LogP contribution in [0.25, 0.3) is 11.6 Å². The predicted octanol–water partition coefficient (Wildman–Crippen LogP) is 2.16. The summed E-state index contributed by atoms with van der Waals surface area (Å²) in [6, 6.07) is 4.21. The summed E-state index contributed by atoms with van der Waals surface area (Å²) in [5.41, 5.74) is 4.27. The predicted molar refractivity (Wildman–Crippen MR) is 125 cm³/mol. The third-order valence-corrected chi connectivity index (χ3v) is 5.67. The summed E-state index contributed by atoms with van der Waals surface area (Å²) in [5.74, 6) is -0.806. The molecule has 2 aliphatic heterocycles. The van der Waals surface area contributed by atoms with Crippen molar-refractivity contribution in [2.45, 2.75) is 26.7 Å². The molecular formula is C22H28FN4O6P. The molecule has 4 rings (SSSR count). The lowest BCUT2D eigenvalue weighted by Gasteiger charge is -2.14. The number of carbonyl (C=O) groups is 2. The zero-order valence-corrected chi connectivity index (χ0v) is 19.8. The molecule has 3 heterocycles. The first-order valence-corrected chi connectivity index (χ1v) is 12.3. The van der Waals surface area contributed by atoms with Gasteiger partial charge in [-0.1, -0.05) is 0 Å². The summed E-state index contributed by atoms with van der Waals surface area (Å²) in [6.07, 6.45) is 4.13. The van der Waals surface area contributed by atoms with Gasteiger partial charge in [-0.05, 0) is 69.6 Å². The van der Waals surface area contributed by atoms with Crippen LogP contribution >= 0.6 is 7.82 Å². The van der Waals surface area contributed by atoms with Crippen LogP contribution in [-0.2, 0) is 9.36 Å². The van der Waals surface area contributed by atoms with E-state index in [-0.39, 0.29) is 11.8 Å². The first-order chi connectivity index (χ1) is 15.9. The Kier molecular flexibility index (Phi) is 8.06. The number of H-pyrrole nitrogens is 1. The minimum atomic E-state index is -4.64. The Morgan fingerprint density at radius 1 is 1.24 bits per heavy atom. The summed E-state index contributed by atoms with van der Waals surface area (Å²) in [6.45, 7) is 7.35. The molecule has 2 aliphatic rings. The second-order valence-electron chi connectivity index (χ2n) is 8.18. The molecule has 10 nitrogen and oxygen atoms in total. The highest BCUT2D eigenvalue weighted by molar-refractivity contribution is 7.45. The Morgan fingerprint density at radius 2 is 1.88 bits per heavy atom. The summed E-state index contributed by atoms with van der Waals surface area (Å²) >= 11 is 0. The van der Waals surface area contributed by atoms with E-state index >= 15 is 0 Å². The van der Waals surface area contributed by atoms with Gasteiger partial charge >= 0.3 is 7.82 Å². The number of likely N-dealkylation sites (tertiary alicyclic amines) is 1. The molecule has 0 spiro atoms. The van der Waals surface area contributed by atoms with Crippen molar-refractivity contribution in [3.05, 3.63) is 52.1 Å². The zero-order chi connectivity index (χ0) is 25.0. The van der Waals surface area contributed by atoms with Gasteiger partial charge in [-0.3, -0.25) is 9.59 Å². The van der Waals surface area contributed by atoms with Gasteiger partial charge < -0.3 is 35.2 Å². The maximum absolute atomic E-state index is 13.7. The largest absolute Gasteiger partial charge is 0.466 e. The lowest BCUT2D eigenvalue weighted by Crippen LogP contribution is -2.33. The average Bonchev–Trinajstić information content (AvgIpc) is 3.41. The average molecular weight is 494 g/mol. The van der Waals surface area contributed by atoms with Gasteiger partial charge in [0.2, 0.25) is 0 Å². The summed E-state index contributed by atoms with van der Waals surface area (Å²) in [5, 5.41) is 5.74. The quantitative estimate of drug-likeness (QED) is 0.275. The third kappa shape index (κ3) is 6.62. The number of carbonyl (C=O) groups excluding carboxylic acids is 2. The van der Waals surface area contributed by atoms with Crippen LogP contribution in [0, 0.1) is 19.7 Å². The first kappa shape index (κ1) is 25.8. The van der Waals surface area contributed by atoms with E-state index in [0.29, 0.717) is 34.6 Å². The smallest absolute Gasteiger partial charge is 0.358 e. The number of fused-ring (bicyclic) bond motifs is 1. The standard InChI is InChI=1S/C22H25FN4O2.H3O4P/c1-13-19(12-17-16-11-15(23)5-6-18(16)26-21(17)28)25-14(2)20(13)22(29)24-7-10-27-8-3-4-9-27;1-5(2,3)4/h5-6,11-12,25H,3-4,7-10H2,1-2H3,(H,24,29)(H,26,28);(H3,1,2,3,4). The van der Waals surface area contributed by atoms with Crippen molar-refractivity contribution in [2.24, 2.45) is 0 Å². The number of aryl methyl sites for hydroxylation is 1. The number of halogens is 1. The fourth-order valence-corrected chi connectivity index (χ4v) is 4.13. The van der Waals surface area contributed by atoms with Crippen LogP contribution in [0.4, 0.5) is 10.1 Å². The molecule has 1 aromatic carbocycles. The van der Waals surface area contributed by atoms with Gasteiger partial charge in [0.1, 0.15) is 5.82 Å². The lowest BCUT2D eigenvalue weighted by molar-refractivity contribution is -0.110. The van der Waals surface area contributed by atoms with Crippen LogP contribution in [0.2, 0.25) is 0 Å². The van der Waals surface area contributed by atoms with Crippen LogP contribution in [0.5, 0.6) is 0 Å². The number of nitrogens with zero attached hydrogens (tertiary/aromatic N) is 1. The van der Waals surface area contributed by atoms with Crippen molar-refractivity contribution in [3.63, 3.8) is 0 Å². The number of amides is 2. The van der Waals surface area contributed by atoms with E-state index in [2.05, 4.69) is 20.5 Å². The molecular weight excluding hydrogens is 466 g/mol. The molecule has 2 aromatic rings. The number of anilines is 1. The van der Waals surface area contributed by atoms with Crippen LogP contribution in [0.3, 0.4) is 0 Å². The molecule has 0 atom stereocenters. The van der Waals surface area contributed by atoms with Gasteiger partial charge in [-0.2, -0.15) is 0 Å². The maximum Gasteiger partial charge on any atom is 0.466 e. The molecule has 0 saturated carbocycles. The van der Waals surface area contributed by atoms with Gasteiger partial charge in [-0.15, -0.1) is 0 Å². The second-order valence-corrected chi connectivity index (χ2v) is 9.21. The molecule has 0 aliphatic carbocycles. The van der Waals surface area contributed by atoms with Crippen molar-refractivity contribution in [1.82, 2.24) is 15.2 Å². The van der Waals surface area contributed by atoms with E-state index in [9.17, 15) is 14.0 Å². The highest BCUT2D eigenvalue weighted by atomic mass is 31.2. The van der Waals surface area contributed by atoms with Crippen molar-refractivity contribution >= 4 is 37.0 Å². The maximum atomic E-state index is 13.7. The Labute approximate surface area is 196 Å². The van der Waals surface area contributed by atoms with E-state index in [1.807, 2.05) is 13.8 Å². The Morgan fingerprint density at radius 3 is 2.53 bits per heavy atom. The van der Waals surface area contributed by atoms with Gasteiger partial charge in [0.05, 0.1) is 11.1 Å². The van der Waals surface area contributed by atoms with Crippen LogP contribution in [0.1, 0.15) is 45.7 Å². The molecule has 1 saturated heterocycles. The molecule has 1 fully saturated rings. The third-order valence-electron chi connectivity index (χ3n) is 5.67. The van der Waals surface area contributed by atoms with Crippen LogP contribution in [-0.4, -0.2) is 62.6 Å².